The third-order valence-electron chi connectivity index (χ3n) is 2.84. The van der Waals surface area contributed by atoms with Crippen molar-refractivity contribution in [2.75, 3.05) is 0 Å². The van der Waals surface area contributed by atoms with Gasteiger partial charge in [-0.15, -0.1) is 0 Å². The third kappa shape index (κ3) is 2.14. The highest BCUT2D eigenvalue weighted by Gasteiger charge is 2.11. The van der Waals surface area contributed by atoms with Crippen LogP contribution < -0.4 is 5.73 Å². The molecular weight excluding hydrogens is 252 g/mol. The highest BCUT2D eigenvalue weighted by atomic mass is 15.3. The van der Waals surface area contributed by atoms with Gasteiger partial charge in [0.15, 0.2) is 5.82 Å². The van der Waals surface area contributed by atoms with Crippen molar-refractivity contribution < 1.29 is 0 Å². The molecule has 0 fully saturated rings. The number of hydrogen-bond acceptors (Lipinski definition) is 4. The largest absolute Gasteiger partial charge is 0.382 e. The van der Waals surface area contributed by atoms with Crippen LogP contribution in [0.25, 0.3) is 16.9 Å². The van der Waals surface area contributed by atoms with Gasteiger partial charge < -0.3 is 5.73 Å². The first-order chi connectivity index (χ1) is 9.75. The van der Waals surface area contributed by atoms with Crippen molar-refractivity contribution in [3.8, 4) is 16.9 Å². The van der Waals surface area contributed by atoms with Crippen LogP contribution in [0, 0.1) is 5.41 Å². The van der Waals surface area contributed by atoms with Crippen LogP contribution in [-0.4, -0.2) is 25.6 Å². The maximum Gasteiger partial charge on any atom is 0.183 e. The SMILES string of the molecule is N=C(N)c1nccnc1-n1cc(-c2ccccc2)cn1. The molecule has 3 rings (SSSR count). The molecule has 1 aromatic carbocycles. The van der Waals surface area contributed by atoms with Crippen molar-refractivity contribution in [3.63, 3.8) is 0 Å². The Morgan fingerprint density at radius 2 is 1.80 bits per heavy atom. The summed E-state index contributed by atoms with van der Waals surface area (Å²) >= 11 is 0. The van der Waals surface area contributed by atoms with Gasteiger partial charge in [0.25, 0.3) is 0 Å². The summed E-state index contributed by atoms with van der Waals surface area (Å²) in [6.07, 6.45) is 6.63. The van der Waals surface area contributed by atoms with E-state index in [1.54, 1.807) is 17.1 Å². The van der Waals surface area contributed by atoms with E-state index in [1.165, 1.54) is 6.20 Å². The minimum Gasteiger partial charge on any atom is -0.382 e. The summed E-state index contributed by atoms with van der Waals surface area (Å²) in [6.45, 7) is 0. The van der Waals surface area contributed by atoms with Gasteiger partial charge in [-0.1, -0.05) is 30.3 Å². The Hall–Kier alpha value is -3.02. The van der Waals surface area contributed by atoms with Crippen LogP contribution in [0.3, 0.4) is 0 Å². The molecule has 6 nitrogen and oxygen atoms in total. The second kappa shape index (κ2) is 4.93. The molecule has 0 radical (unpaired) electrons. The standard InChI is InChI=1S/C14H12N6/c15-13(16)12-14(18-7-6-17-12)20-9-11(8-19-20)10-4-2-1-3-5-10/h1-9H,(H3,15,16). The number of nitrogens with one attached hydrogen (secondary N) is 1. The molecule has 2 heterocycles. The van der Waals surface area contributed by atoms with Gasteiger partial charge in [0, 0.05) is 24.2 Å². The molecule has 0 spiro atoms. The van der Waals surface area contributed by atoms with Gasteiger partial charge in [-0.25, -0.2) is 14.6 Å². The fraction of sp³-hybridized carbons (Fsp3) is 0. The molecule has 0 aliphatic rings. The van der Waals surface area contributed by atoms with E-state index in [0.717, 1.165) is 11.1 Å². The van der Waals surface area contributed by atoms with Gasteiger partial charge in [0.05, 0.1) is 6.20 Å². The fourth-order valence-electron chi connectivity index (χ4n) is 1.91. The lowest BCUT2D eigenvalue weighted by Gasteiger charge is -2.04. The first kappa shape index (κ1) is 12.0. The summed E-state index contributed by atoms with van der Waals surface area (Å²) in [4.78, 5) is 8.26. The number of aromatic nitrogens is 4. The maximum atomic E-state index is 7.53. The van der Waals surface area contributed by atoms with E-state index in [0.29, 0.717) is 11.5 Å². The molecule has 0 aliphatic heterocycles. The summed E-state index contributed by atoms with van der Waals surface area (Å²) in [5.41, 5.74) is 7.85. The van der Waals surface area contributed by atoms with Crippen molar-refractivity contribution in [1.29, 1.82) is 5.41 Å². The summed E-state index contributed by atoms with van der Waals surface area (Å²) in [6, 6.07) is 9.91. The molecule has 0 unspecified atom stereocenters. The van der Waals surface area contributed by atoms with Crippen LogP contribution in [0.5, 0.6) is 0 Å². The number of rotatable bonds is 3. The number of hydrogen-bond donors (Lipinski definition) is 2. The van der Waals surface area contributed by atoms with Crippen molar-refractivity contribution >= 4 is 5.84 Å². The van der Waals surface area contributed by atoms with E-state index in [9.17, 15) is 0 Å². The van der Waals surface area contributed by atoms with E-state index >= 15 is 0 Å². The molecular formula is C14H12N6. The Labute approximate surface area is 115 Å². The van der Waals surface area contributed by atoms with E-state index in [1.807, 2.05) is 36.5 Å². The zero-order chi connectivity index (χ0) is 13.9. The van der Waals surface area contributed by atoms with Crippen LogP contribution in [0.2, 0.25) is 0 Å². The summed E-state index contributed by atoms with van der Waals surface area (Å²) in [5.74, 6) is 0.312. The van der Waals surface area contributed by atoms with Gasteiger partial charge >= 0.3 is 0 Å². The van der Waals surface area contributed by atoms with Gasteiger partial charge in [-0.3, -0.25) is 5.41 Å². The summed E-state index contributed by atoms with van der Waals surface area (Å²) in [7, 11) is 0. The zero-order valence-corrected chi connectivity index (χ0v) is 10.6. The van der Waals surface area contributed by atoms with E-state index in [4.69, 9.17) is 11.1 Å². The maximum absolute atomic E-state index is 7.53. The summed E-state index contributed by atoms with van der Waals surface area (Å²) < 4.78 is 1.58. The highest BCUT2D eigenvalue weighted by molar-refractivity contribution is 5.95. The van der Waals surface area contributed by atoms with E-state index in [-0.39, 0.29) is 5.84 Å². The van der Waals surface area contributed by atoms with Crippen LogP contribution in [0.1, 0.15) is 5.69 Å². The normalized spacial score (nSPS) is 10.4. The van der Waals surface area contributed by atoms with Crippen molar-refractivity contribution in [2.24, 2.45) is 5.73 Å². The Morgan fingerprint density at radius 3 is 2.55 bits per heavy atom. The number of nitrogens with zero attached hydrogens (tertiary/aromatic N) is 4. The topological polar surface area (TPSA) is 93.5 Å². The number of nitrogens with two attached hydrogens (primary N) is 1. The van der Waals surface area contributed by atoms with E-state index < -0.39 is 0 Å². The molecule has 0 atom stereocenters. The lowest BCUT2D eigenvalue weighted by atomic mass is 10.1. The van der Waals surface area contributed by atoms with Crippen LogP contribution >= 0.6 is 0 Å². The number of nitrogen functional groups attached to an aromatic ring is 1. The minimum absolute atomic E-state index is 0.134. The molecule has 0 aliphatic carbocycles. The molecule has 0 saturated heterocycles. The van der Waals surface area contributed by atoms with Gasteiger partial charge in [0.1, 0.15) is 11.5 Å². The Kier molecular flexibility index (Phi) is 2.96. The quantitative estimate of drug-likeness (QED) is 0.555. The second-order valence-electron chi connectivity index (χ2n) is 4.18. The predicted molar refractivity (Wildman–Crippen MR) is 75.6 cm³/mol. The molecule has 20 heavy (non-hydrogen) atoms. The molecule has 3 aromatic rings. The van der Waals surface area contributed by atoms with Crippen molar-refractivity contribution in [2.45, 2.75) is 0 Å². The smallest absolute Gasteiger partial charge is 0.183 e. The van der Waals surface area contributed by atoms with Gasteiger partial charge in [-0.2, -0.15) is 5.10 Å². The highest BCUT2D eigenvalue weighted by Crippen LogP contribution is 2.19. The number of benzene rings is 1. The first-order valence-electron chi connectivity index (χ1n) is 6.01. The molecule has 0 bridgehead atoms. The van der Waals surface area contributed by atoms with Crippen LogP contribution in [-0.2, 0) is 0 Å². The molecule has 6 heteroatoms. The average Bonchev–Trinajstić information content (AvgIpc) is 2.98. The predicted octanol–water partition coefficient (Wildman–Crippen LogP) is 1.61. The summed E-state index contributed by atoms with van der Waals surface area (Å²) in [5, 5.41) is 11.8. The van der Waals surface area contributed by atoms with Crippen LogP contribution in [0.15, 0.2) is 55.1 Å². The minimum atomic E-state index is -0.134. The van der Waals surface area contributed by atoms with Crippen LogP contribution in [0.4, 0.5) is 0 Å². The third-order valence-corrected chi connectivity index (χ3v) is 2.84. The second-order valence-corrected chi connectivity index (χ2v) is 4.18. The average molecular weight is 264 g/mol. The first-order valence-corrected chi connectivity index (χ1v) is 6.01. The lowest BCUT2D eigenvalue weighted by Crippen LogP contribution is -2.18. The molecule has 2 aromatic heterocycles. The molecule has 0 amide bonds. The molecule has 3 N–H and O–H groups in total. The number of amidine groups is 1. The van der Waals surface area contributed by atoms with Crippen molar-refractivity contribution in [3.05, 3.63) is 60.8 Å². The Balaban J connectivity index is 2.05. The Morgan fingerprint density at radius 1 is 1.05 bits per heavy atom. The monoisotopic (exact) mass is 264 g/mol. The zero-order valence-electron chi connectivity index (χ0n) is 10.6. The lowest BCUT2D eigenvalue weighted by molar-refractivity contribution is 0.833. The molecule has 98 valence electrons. The van der Waals surface area contributed by atoms with E-state index in [2.05, 4.69) is 15.1 Å². The van der Waals surface area contributed by atoms with Gasteiger partial charge in [-0.05, 0) is 5.56 Å². The van der Waals surface area contributed by atoms with Gasteiger partial charge in [0.2, 0.25) is 0 Å². The fourth-order valence-corrected chi connectivity index (χ4v) is 1.91. The van der Waals surface area contributed by atoms with Crippen molar-refractivity contribution in [1.82, 2.24) is 19.7 Å². The Bertz CT molecular complexity index is 747. The molecule has 0 saturated carbocycles.